The topological polar surface area (TPSA) is 88.2 Å². The monoisotopic (exact) mass is 361 g/mol. The third kappa shape index (κ3) is 5.65. The molecular formula is C18H23N3O3S. The van der Waals surface area contributed by atoms with E-state index in [1.54, 1.807) is 36.5 Å². The van der Waals surface area contributed by atoms with Crippen molar-refractivity contribution >= 4 is 21.7 Å². The molecule has 134 valence electrons. The van der Waals surface area contributed by atoms with Gasteiger partial charge in [-0.25, -0.2) is 13.4 Å². The molecule has 0 fully saturated rings. The first-order chi connectivity index (χ1) is 11.8. The van der Waals surface area contributed by atoms with E-state index in [0.29, 0.717) is 12.2 Å². The number of sulfonamides is 1. The van der Waals surface area contributed by atoms with E-state index in [0.717, 1.165) is 5.56 Å². The third-order valence-electron chi connectivity index (χ3n) is 3.57. The number of rotatable bonds is 7. The van der Waals surface area contributed by atoms with Gasteiger partial charge in [0.15, 0.2) is 0 Å². The molecule has 25 heavy (non-hydrogen) atoms. The molecule has 6 nitrogen and oxygen atoms in total. The minimum atomic E-state index is -3.79. The zero-order valence-corrected chi connectivity index (χ0v) is 15.4. The highest BCUT2D eigenvalue weighted by molar-refractivity contribution is 7.89. The molecule has 1 atom stereocenters. The molecule has 0 bridgehead atoms. The zero-order valence-electron chi connectivity index (χ0n) is 14.6. The van der Waals surface area contributed by atoms with Crippen molar-refractivity contribution in [2.24, 2.45) is 5.92 Å². The van der Waals surface area contributed by atoms with Crippen molar-refractivity contribution in [3.63, 3.8) is 0 Å². The molecule has 2 rings (SSSR count). The van der Waals surface area contributed by atoms with Gasteiger partial charge in [0, 0.05) is 6.20 Å². The maximum absolute atomic E-state index is 12.6. The maximum atomic E-state index is 12.6. The summed E-state index contributed by atoms with van der Waals surface area (Å²) in [5.41, 5.74) is 0.963. The lowest BCUT2D eigenvalue weighted by atomic mass is 10.0. The Morgan fingerprint density at radius 1 is 1.12 bits per heavy atom. The van der Waals surface area contributed by atoms with Crippen molar-refractivity contribution in [3.8, 4) is 0 Å². The van der Waals surface area contributed by atoms with Crippen LogP contribution < -0.4 is 10.0 Å². The van der Waals surface area contributed by atoms with Crippen LogP contribution in [0, 0.1) is 12.8 Å². The number of anilines is 1. The van der Waals surface area contributed by atoms with Gasteiger partial charge in [0.1, 0.15) is 11.9 Å². The smallest absolute Gasteiger partial charge is 0.243 e. The minimum Gasteiger partial charge on any atom is -0.309 e. The first-order valence-corrected chi connectivity index (χ1v) is 9.57. The van der Waals surface area contributed by atoms with Crippen molar-refractivity contribution < 1.29 is 13.2 Å². The molecule has 1 unspecified atom stereocenters. The van der Waals surface area contributed by atoms with Crippen LogP contribution in [0.2, 0.25) is 0 Å². The number of pyridine rings is 1. The van der Waals surface area contributed by atoms with Crippen LogP contribution in [-0.4, -0.2) is 25.4 Å². The largest absolute Gasteiger partial charge is 0.309 e. The van der Waals surface area contributed by atoms with Crippen LogP contribution in [0.25, 0.3) is 0 Å². The number of nitrogens with zero attached hydrogens (tertiary/aromatic N) is 1. The fourth-order valence-electron chi connectivity index (χ4n) is 2.30. The number of aromatic nitrogens is 1. The summed E-state index contributed by atoms with van der Waals surface area (Å²) < 4.78 is 27.7. The van der Waals surface area contributed by atoms with Crippen molar-refractivity contribution in [1.29, 1.82) is 0 Å². The summed E-state index contributed by atoms with van der Waals surface area (Å²) in [6.07, 6.45) is 1.94. The molecule has 1 amide bonds. The van der Waals surface area contributed by atoms with E-state index in [2.05, 4.69) is 15.0 Å². The Bertz CT molecular complexity index is 803. The fourth-order valence-corrected chi connectivity index (χ4v) is 3.51. The number of aryl methyl sites for hydroxylation is 1. The molecule has 1 aromatic heterocycles. The van der Waals surface area contributed by atoms with E-state index in [-0.39, 0.29) is 10.8 Å². The number of nitrogens with one attached hydrogen (secondary N) is 2. The summed E-state index contributed by atoms with van der Waals surface area (Å²) in [4.78, 5) is 16.7. The van der Waals surface area contributed by atoms with Crippen LogP contribution in [0.1, 0.15) is 25.8 Å². The molecular weight excluding hydrogens is 338 g/mol. The number of carbonyl (C=O) groups excluding carboxylic acids is 1. The standard InChI is InChI=1S/C18H23N3O3S/c1-13(2)12-16(18(22)20-17-6-4-5-11-19-17)21-25(23,24)15-9-7-14(3)8-10-15/h4-11,13,16,21H,12H2,1-3H3,(H,19,20,22). The Labute approximate surface area is 148 Å². The van der Waals surface area contributed by atoms with Crippen molar-refractivity contribution in [2.45, 2.75) is 38.1 Å². The van der Waals surface area contributed by atoms with Gasteiger partial charge in [0.25, 0.3) is 0 Å². The highest BCUT2D eigenvalue weighted by Gasteiger charge is 2.26. The average Bonchev–Trinajstić information content (AvgIpc) is 2.55. The molecule has 1 aromatic carbocycles. The number of amides is 1. The van der Waals surface area contributed by atoms with E-state index < -0.39 is 22.0 Å². The quantitative estimate of drug-likeness (QED) is 0.794. The second-order valence-corrected chi connectivity index (χ2v) is 8.03. The number of hydrogen-bond acceptors (Lipinski definition) is 4. The molecule has 7 heteroatoms. The van der Waals surface area contributed by atoms with Gasteiger partial charge in [-0.1, -0.05) is 37.6 Å². The fraction of sp³-hybridized carbons (Fsp3) is 0.333. The summed E-state index contributed by atoms with van der Waals surface area (Å²) >= 11 is 0. The van der Waals surface area contributed by atoms with E-state index in [1.807, 2.05) is 20.8 Å². The van der Waals surface area contributed by atoms with E-state index >= 15 is 0 Å². The molecule has 0 aliphatic rings. The minimum absolute atomic E-state index is 0.137. The van der Waals surface area contributed by atoms with Gasteiger partial charge in [0.2, 0.25) is 15.9 Å². The summed E-state index contributed by atoms with van der Waals surface area (Å²) in [5.74, 6) is 0.0964. The van der Waals surface area contributed by atoms with Crippen LogP contribution in [-0.2, 0) is 14.8 Å². The lowest BCUT2D eigenvalue weighted by molar-refractivity contribution is -0.118. The maximum Gasteiger partial charge on any atom is 0.243 e. The Morgan fingerprint density at radius 3 is 2.36 bits per heavy atom. The summed E-state index contributed by atoms with van der Waals surface area (Å²) in [5, 5.41) is 2.65. The van der Waals surface area contributed by atoms with Crippen LogP contribution >= 0.6 is 0 Å². The van der Waals surface area contributed by atoms with Crippen LogP contribution in [0.5, 0.6) is 0 Å². The molecule has 0 aliphatic carbocycles. The number of benzene rings is 1. The summed E-state index contributed by atoms with van der Waals surface area (Å²) in [6.45, 7) is 5.74. The highest BCUT2D eigenvalue weighted by atomic mass is 32.2. The zero-order chi connectivity index (χ0) is 18.4. The molecule has 0 radical (unpaired) electrons. The third-order valence-corrected chi connectivity index (χ3v) is 5.06. The van der Waals surface area contributed by atoms with Gasteiger partial charge in [-0.15, -0.1) is 0 Å². The molecule has 2 N–H and O–H groups in total. The second-order valence-electron chi connectivity index (χ2n) is 6.32. The van der Waals surface area contributed by atoms with Gasteiger partial charge in [-0.2, -0.15) is 4.72 Å². The Kier molecular flexibility index (Phi) is 6.27. The van der Waals surface area contributed by atoms with E-state index in [9.17, 15) is 13.2 Å². The first kappa shape index (κ1) is 19.1. The summed E-state index contributed by atoms with van der Waals surface area (Å²) in [6, 6.07) is 10.8. The lowest BCUT2D eigenvalue weighted by Crippen LogP contribution is -2.44. The van der Waals surface area contributed by atoms with Crippen LogP contribution in [0.3, 0.4) is 0 Å². The Morgan fingerprint density at radius 2 is 1.80 bits per heavy atom. The predicted molar refractivity (Wildman–Crippen MR) is 97.6 cm³/mol. The molecule has 0 saturated heterocycles. The SMILES string of the molecule is Cc1ccc(S(=O)(=O)NC(CC(C)C)C(=O)Nc2ccccn2)cc1. The van der Waals surface area contributed by atoms with Gasteiger partial charge < -0.3 is 5.32 Å². The van der Waals surface area contributed by atoms with Gasteiger partial charge >= 0.3 is 0 Å². The molecule has 0 spiro atoms. The summed E-state index contributed by atoms with van der Waals surface area (Å²) in [7, 11) is -3.79. The molecule has 1 heterocycles. The van der Waals surface area contributed by atoms with Gasteiger partial charge in [0.05, 0.1) is 4.90 Å². The molecule has 0 saturated carbocycles. The Hall–Kier alpha value is -2.25. The van der Waals surface area contributed by atoms with Gasteiger partial charge in [-0.3, -0.25) is 4.79 Å². The number of carbonyl (C=O) groups is 1. The highest BCUT2D eigenvalue weighted by Crippen LogP contribution is 2.14. The molecule has 0 aliphatic heterocycles. The number of hydrogen-bond donors (Lipinski definition) is 2. The normalized spacial score (nSPS) is 12.8. The predicted octanol–water partition coefficient (Wildman–Crippen LogP) is 2.72. The average molecular weight is 361 g/mol. The van der Waals surface area contributed by atoms with Crippen molar-refractivity contribution in [3.05, 3.63) is 54.2 Å². The van der Waals surface area contributed by atoms with Crippen molar-refractivity contribution in [2.75, 3.05) is 5.32 Å². The lowest BCUT2D eigenvalue weighted by Gasteiger charge is -2.20. The molecule has 2 aromatic rings. The second kappa shape index (κ2) is 8.22. The van der Waals surface area contributed by atoms with Crippen LogP contribution in [0.15, 0.2) is 53.6 Å². The van der Waals surface area contributed by atoms with Crippen molar-refractivity contribution in [1.82, 2.24) is 9.71 Å². The van der Waals surface area contributed by atoms with E-state index in [4.69, 9.17) is 0 Å². The first-order valence-electron chi connectivity index (χ1n) is 8.09. The van der Waals surface area contributed by atoms with Crippen LogP contribution in [0.4, 0.5) is 5.82 Å². The Balaban J connectivity index is 2.19. The van der Waals surface area contributed by atoms with Gasteiger partial charge in [-0.05, 0) is 43.5 Å². The van der Waals surface area contributed by atoms with E-state index in [1.165, 1.54) is 12.1 Å².